The van der Waals surface area contributed by atoms with Crippen LogP contribution in [-0.4, -0.2) is 18.9 Å². The zero-order valence-electron chi connectivity index (χ0n) is 16.2. The second-order valence-corrected chi connectivity index (χ2v) is 7.94. The summed E-state index contributed by atoms with van der Waals surface area (Å²) in [5, 5.41) is 8.31. The summed E-state index contributed by atoms with van der Waals surface area (Å²) in [6.07, 6.45) is 0. The van der Waals surface area contributed by atoms with Gasteiger partial charge in [0.2, 0.25) is 0 Å². The Kier molecular flexibility index (Phi) is 5.88. The number of benzene rings is 3. The van der Waals surface area contributed by atoms with E-state index in [4.69, 9.17) is 16.3 Å². The van der Waals surface area contributed by atoms with Gasteiger partial charge in [0.05, 0.1) is 23.9 Å². The van der Waals surface area contributed by atoms with Crippen LogP contribution in [-0.2, 0) is 0 Å². The Balaban J connectivity index is 1.58. The van der Waals surface area contributed by atoms with Gasteiger partial charge in [-0.2, -0.15) is 0 Å². The maximum absolute atomic E-state index is 14.1. The van der Waals surface area contributed by atoms with E-state index in [0.29, 0.717) is 17.0 Å². The summed E-state index contributed by atoms with van der Waals surface area (Å²) in [5.74, 6) is -1.32. The number of amides is 2. The van der Waals surface area contributed by atoms with Crippen LogP contribution >= 0.6 is 22.9 Å². The van der Waals surface area contributed by atoms with Gasteiger partial charge in [-0.1, -0.05) is 29.8 Å². The molecular formula is C23H16ClFN2O3S. The minimum atomic E-state index is -0.738. The Morgan fingerprint density at radius 2 is 1.74 bits per heavy atom. The summed E-state index contributed by atoms with van der Waals surface area (Å²) >= 11 is 7.23. The van der Waals surface area contributed by atoms with Crippen molar-refractivity contribution in [3.8, 4) is 5.75 Å². The summed E-state index contributed by atoms with van der Waals surface area (Å²) < 4.78 is 20.4. The molecule has 2 N–H and O–H groups in total. The predicted octanol–water partition coefficient (Wildman–Crippen LogP) is 6.21. The highest BCUT2D eigenvalue weighted by molar-refractivity contribution is 7.17. The summed E-state index contributed by atoms with van der Waals surface area (Å²) in [4.78, 5) is 25.3. The van der Waals surface area contributed by atoms with Crippen LogP contribution in [0.15, 0.2) is 66.0 Å². The topological polar surface area (TPSA) is 67.4 Å². The molecular weight excluding hydrogens is 439 g/mol. The van der Waals surface area contributed by atoms with E-state index in [1.807, 2.05) is 24.3 Å². The highest BCUT2D eigenvalue weighted by Gasteiger charge is 2.17. The zero-order valence-corrected chi connectivity index (χ0v) is 17.8. The van der Waals surface area contributed by atoms with Crippen LogP contribution in [0.2, 0.25) is 5.02 Å². The van der Waals surface area contributed by atoms with Gasteiger partial charge in [0.25, 0.3) is 11.8 Å². The molecule has 3 aromatic carbocycles. The van der Waals surface area contributed by atoms with Gasteiger partial charge in [-0.25, -0.2) is 4.39 Å². The van der Waals surface area contributed by atoms with E-state index in [9.17, 15) is 14.0 Å². The minimum absolute atomic E-state index is 0.161. The molecule has 0 fully saturated rings. The standard InChI is InChI=1S/C23H16ClFN2O3S/c1-30-20-9-7-14(26-23(29)17-12-31-21-5-3-2-4-15(17)21)11-19(20)27-22(28)16-8-6-13(24)10-18(16)25/h2-12H,1H3,(H,26,29)(H,27,28). The van der Waals surface area contributed by atoms with Crippen LogP contribution < -0.4 is 15.4 Å². The summed E-state index contributed by atoms with van der Waals surface area (Å²) in [6.45, 7) is 0. The van der Waals surface area contributed by atoms with Gasteiger partial charge in [-0.05, 0) is 42.5 Å². The number of carbonyl (C=O) groups excluding carboxylic acids is 2. The van der Waals surface area contributed by atoms with E-state index in [1.54, 1.807) is 23.6 Å². The third kappa shape index (κ3) is 4.38. The average Bonchev–Trinajstić information content (AvgIpc) is 3.18. The molecule has 0 spiro atoms. The third-order valence-corrected chi connectivity index (χ3v) is 5.81. The van der Waals surface area contributed by atoms with E-state index in [2.05, 4.69) is 10.6 Å². The molecule has 0 atom stereocenters. The largest absolute Gasteiger partial charge is 0.495 e. The van der Waals surface area contributed by atoms with Crippen LogP contribution in [0.3, 0.4) is 0 Å². The molecule has 2 amide bonds. The van der Waals surface area contributed by atoms with Gasteiger partial charge in [0, 0.05) is 26.2 Å². The van der Waals surface area contributed by atoms with Crippen molar-refractivity contribution in [3.05, 3.63) is 88.0 Å². The van der Waals surface area contributed by atoms with Crippen molar-refractivity contribution < 1.29 is 18.7 Å². The highest BCUT2D eigenvalue weighted by atomic mass is 35.5. The van der Waals surface area contributed by atoms with Crippen molar-refractivity contribution in [3.63, 3.8) is 0 Å². The third-order valence-electron chi connectivity index (χ3n) is 4.61. The molecule has 31 heavy (non-hydrogen) atoms. The molecule has 0 radical (unpaired) electrons. The highest BCUT2D eigenvalue weighted by Crippen LogP contribution is 2.30. The first-order valence-electron chi connectivity index (χ1n) is 9.18. The molecule has 156 valence electrons. The fraction of sp³-hybridized carbons (Fsp3) is 0.0435. The van der Waals surface area contributed by atoms with E-state index in [1.165, 1.54) is 30.6 Å². The first-order valence-corrected chi connectivity index (χ1v) is 10.4. The lowest BCUT2D eigenvalue weighted by atomic mass is 10.1. The molecule has 5 nitrogen and oxygen atoms in total. The number of anilines is 2. The van der Waals surface area contributed by atoms with Crippen molar-refractivity contribution in [2.45, 2.75) is 0 Å². The van der Waals surface area contributed by atoms with Crippen LogP contribution in [0.25, 0.3) is 10.1 Å². The number of rotatable bonds is 5. The van der Waals surface area contributed by atoms with Gasteiger partial charge >= 0.3 is 0 Å². The number of hydrogen-bond donors (Lipinski definition) is 2. The molecule has 4 aromatic rings. The van der Waals surface area contributed by atoms with E-state index >= 15 is 0 Å². The van der Waals surface area contributed by atoms with Crippen LogP contribution in [0.4, 0.5) is 15.8 Å². The lowest BCUT2D eigenvalue weighted by molar-refractivity contribution is 0.101. The number of fused-ring (bicyclic) bond motifs is 1. The number of carbonyl (C=O) groups is 2. The molecule has 0 aliphatic heterocycles. The first-order chi connectivity index (χ1) is 15.0. The normalized spacial score (nSPS) is 10.7. The Morgan fingerprint density at radius 1 is 0.968 bits per heavy atom. The van der Waals surface area contributed by atoms with E-state index in [0.717, 1.165) is 16.2 Å². The maximum Gasteiger partial charge on any atom is 0.258 e. The fourth-order valence-corrected chi connectivity index (χ4v) is 4.20. The van der Waals surface area contributed by atoms with Gasteiger partial charge in [0.15, 0.2) is 0 Å². The quantitative estimate of drug-likeness (QED) is 0.377. The Labute approximate surface area is 186 Å². The van der Waals surface area contributed by atoms with Gasteiger partial charge < -0.3 is 15.4 Å². The number of halogens is 2. The molecule has 0 unspecified atom stereocenters. The van der Waals surface area contributed by atoms with Crippen molar-refractivity contribution in [1.82, 2.24) is 0 Å². The summed E-state index contributed by atoms with van der Waals surface area (Å²) in [7, 11) is 1.45. The predicted molar refractivity (Wildman–Crippen MR) is 122 cm³/mol. The average molecular weight is 455 g/mol. The number of nitrogens with one attached hydrogen (secondary N) is 2. The van der Waals surface area contributed by atoms with Gasteiger partial charge in [-0.3, -0.25) is 9.59 Å². The summed E-state index contributed by atoms with van der Waals surface area (Å²) in [6, 6.07) is 16.2. The second kappa shape index (κ2) is 8.75. The Hall–Kier alpha value is -3.42. The molecule has 1 aromatic heterocycles. The molecule has 8 heteroatoms. The lowest BCUT2D eigenvalue weighted by Crippen LogP contribution is -2.15. The molecule has 1 heterocycles. The van der Waals surface area contributed by atoms with Crippen molar-refractivity contribution >= 4 is 56.2 Å². The monoisotopic (exact) mass is 454 g/mol. The van der Waals surface area contributed by atoms with E-state index < -0.39 is 11.7 Å². The van der Waals surface area contributed by atoms with Crippen LogP contribution in [0.1, 0.15) is 20.7 Å². The smallest absolute Gasteiger partial charge is 0.258 e. The summed E-state index contributed by atoms with van der Waals surface area (Å²) in [5.41, 5.74) is 1.14. The number of hydrogen-bond acceptors (Lipinski definition) is 4. The first kappa shape index (κ1) is 20.8. The van der Waals surface area contributed by atoms with Crippen molar-refractivity contribution in [2.24, 2.45) is 0 Å². The van der Waals surface area contributed by atoms with Crippen LogP contribution in [0.5, 0.6) is 5.75 Å². The molecule has 0 saturated carbocycles. The molecule has 0 aliphatic carbocycles. The number of methoxy groups -OCH3 is 1. The Morgan fingerprint density at radius 3 is 2.52 bits per heavy atom. The van der Waals surface area contributed by atoms with Gasteiger partial charge in [-0.15, -0.1) is 11.3 Å². The second-order valence-electron chi connectivity index (χ2n) is 6.59. The lowest BCUT2D eigenvalue weighted by Gasteiger charge is -2.13. The number of thiophene rings is 1. The van der Waals surface area contributed by atoms with Gasteiger partial charge in [0.1, 0.15) is 11.6 Å². The van der Waals surface area contributed by atoms with Crippen LogP contribution in [0, 0.1) is 5.82 Å². The van der Waals surface area contributed by atoms with Crippen molar-refractivity contribution in [2.75, 3.05) is 17.7 Å². The Bertz CT molecular complexity index is 1310. The molecule has 0 bridgehead atoms. The fourth-order valence-electron chi connectivity index (χ4n) is 3.10. The molecule has 0 saturated heterocycles. The maximum atomic E-state index is 14.1. The molecule has 0 aliphatic rings. The SMILES string of the molecule is COc1ccc(NC(=O)c2csc3ccccc23)cc1NC(=O)c1ccc(Cl)cc1F. The van der Waals surface area contributed by atoms with E-state index in [-0.39, 0.29) is 22.2 Å². The minimum Gasteiger partial charge on any atom is -0.495 e. The van der Waals surface area contributed by atoms with Crippen molar-refractivity contribution in [1.29, 1.82) is 0 Å². The number of ether oxygens (including phenoxy) is 1. The molecule has 4 rings (SSSR count). The zero-order chi connectivity index (χ0) is 22.0.